The topological polar surface area (TPSA) is 119 Å². The highest BCUT2D eigenvalue weighted by atomic mass is 16.6. The molecular weight excluding hydrogens is 370 g/mol. The minimum Gasteiger partial charge on any atom is -0.444 e. The Morgan fingerprint density at radius 1 is 1.31 bits per heavy atom. The summed E-state index contributed by atoms with van der Waals surface area (Å²) in [6, 6.07) is 1.86. The van der Waals surface area contributed by atoms with Crippen molar-refractivity contribution in [3.05, 3.63) is 48.6 Å². The number of ether oxygens (including phenoxy) is 1. The Balaban J connectivity index is 1.69. The van der Waals surface area contributed by atoms with Gasteiger partial charge in [0, 0.05) is 43.9 Å². The lowest BCUT2D eigenvalue weighted by Gasteiger charge is -2.34. The van der Waals surface area contributed by atoms with Gasteiger partial charge >= 0.3 is 6.09 Å². The normalized spacial score (nSPS) is 17.7. The fourth-order valence-electron chi connectivity index (χ4n) is 3.08. The van der Waals surface area contributed by atoms with Crippen LogP contribution in [0, 0.1) is 0 Å². The summed E-state index contributed by atoms with van der Waals surface area (Å²) < 4.78 is 5.49. The van der Waals surface area contributed by atoms with Gasteiger partial charge in [-0.05, 0) is 39.7 Å². The third kappa shape index (κ3) is 5.63. The first-order valence-electron chi connectivity index (χ1n) is 9.62. The predicted molar refractivity (Wildman–Crippen MR) is 110 cm³/mol. The van der Waals surface area contributed by atoms with Crippen LogP contribution in [0.1, 0.15) is 45.1 Å². The molecule has 1 aliphatic rings. The molecule has 0 aromatic carbocycles. The Hall–Kier alpha value is -3.23. The van der Waals surface area contributed by atoms with E-state index in [0.29, 0.717) is 36.0 Å². The predicted octanol–water partition coefficient (Wildman–Crippen LogP) is 2.43. The van der Waals surface area contributed by atoms with Crippen molar-refractivity contribution in [1.29, 1.82) is 0 Å². The molecule has 3 rings (SSSR count). The summed E-state index contributed by atoms with van der Waals surface area (Å²) in [7, 11) is 0. The van der Waals surface area contributed by atoms with Gasteiger partial charge in [0.25, 0.3) is 0 Å². The lowest BCUT2D eigenvalue weighted by atomic mass is 10.1. The first-order valence-corrected chi connectivity index (χ1v) is 9.62. The van der Waals surface area contributed by atoms with Crippen LogP contribution in [0.5, 0.6) is 0 Å². The van der Waals surface area contributed by atoms with Crippen molar-refractivity contribution >= 4 is 17.5 Å². The Kier molecular flexibility index (Phi) is 6.26. The number of anilines is 1. The van der Waals surface area contributed by atoms with Crippen molar-refractivity contribution in [3.8, 4) is 0 Å². The molecule has 1 amide bonds. The maximum atomic E-state index is 12.4. The molecule has 1 saturated heterocycles. The van der Waals surface area contributed by atoms with Crippen LogP contribution in [-0.4, -0.2) is 55.7 Å². The quantitative estimate of drug-likeness (QED) is 0.807. The molecule has 1 atom stereocenters. The van der Waals surface area contributed by atoms with E-state index in [2.05, 4.69) is 25.3 Å². The molecule has 2 aromatic rings. The van der Waals surface area contributed by atoms with Gasteiger partial charge in [-0.2, -0.15) is 0 Å². The SMILES string of the molecule is CC(C)(C)OC(=O)N1CCC[C@@H](Nc2ccnc(C(=CN)c3cnccn3)n2)C1. The van der Waals surface area contributed by atoms with E-state index in [-0.39, 0.29) is 12.1 Å². The molecule has 3 heterocycles. The van der Waals surface area contributed by atoms with Crippen molar-refractivity contribution < 1.29 is 9.53 Å². The van der Waals surface area contributed by atoms with Gasteiger partial charge in [-0.3, -0.25) is 9.97 Å². The molecule has 1 fully saturated rings. The van der Waals surface area contributed by atoms with E-state index in [1.165, 1.54) is 6.20 Å². The van der Waals surface area contributed by atoms with E-state index in [1.54, 1.807) is 35.8 Å². The molecule has 9 heteroatoms. The highest BCUT2D eigenvalue weighted by Gasteiger charge is 2.27. The number of carbonyl (C=O) groups excluding carboxylic acids is 1. The number of nitrogens with one attached hydrogen (secondary N) is 1. The number of aromatic nitrogens is 4. The third-order valence-corrected chi connectivity index (χ3v) is 4.33. The second-order valence-corrected chi connectivity index (χ2v) is 7.85. The lowest BCUT2D eigenvalue weighted by Crippen LogP contribution is -2.47. The average Bonchev–Trinajstić information content (AvgIpc) is 2.69. The lowest BCUT2D eigenvalue weighted by molar-refractivity contribution is 0.0206. The smallest absolute Gasteiger partial charge is 0.410 e. The number of nitrogens with two attached hydrogens (primary N) is 1. The molecule has 154 valence electrons. The van der Waals surface area contributed by atoms with Gasteiger partial charge in [-0.25, -0.2) is 14.8 Å². The number of carbonyl (C=O) groups is 1. The van der Waals surface area contributed by atoms with Gasteiger partial charge in [0.15, 0.2) is 5.82 Å². The molecule has 0 spiro atoms. The van der Waals surface area contributed by atoms with Crippen molar-refractivity contribution in [3.63, 3.8) is 0 Å². The largest absolute Gasteiger partial charge is 0.444 e. The number of likely N-dealkylation sites (tertiary alicyclic amines) is 1. The van der Waals surface area contributed by atoms with Crippen LogP contribution in [0.25, 0.3) is 5.57 Å². The van der Waals surface area contributed by atoms with Gasteiger partial charge in [-0.15, -0.1) is 0 Å². The molecule has 0 unspecified atom stereocenters. The third-order valence-electron chi connectivity index (χ3n) is 4.33. The van der Waals surface area contributed by atoms with Crippen LogP contribution in [0.2, 0.25) is 0 Å². The standard InChI is InChI=1S/C20H27N7O2/c1-20(2,3)29-19(28)27-10-4-5-14(13-27)25-17-6-7-24-18(26-17)15(11-21)16-12-22-8-9-23-16/h6-9,11-12,14H,4-5,10,13,21H2,1-3H3,(H,24,25,26)/t14-/m1/s1. The molecule has 0 saturated carbocycles. The molecule has 1 aliphatic heterocycles. The van der Waals surface area contributed by atoms with E-state index in [9.17, 15) is 4.79 Å². The maximum Gasteiger partial charge on any atom is 0.410 e. The zero-order valence-corrected chi connectivity index (χ0v) is 17.0. The summed E-state index contributed by atoms with van der Waals surface area (Å²) >= 11 is 0. The molecule has 2 aromatic heterocycles. The van der Waals surface area contributed by atoms with Crippen LogP contribution in [0.15, 0.2) is 37.1 Å². The zero-order chi connectivity index (χ0) is 20.9. The summed E-state index contributed by atoms with van der Waals surface area (Å²) in [5, 5.41) is 3.39. The monoisotopic (exact) mass is 397 g/mol. The number of rotatable bonds is 4. The van der Waals surface area contributed by atoms with Gasteiger partial charge in [0.2, 0.25) is 0 Å². The molecule has 9 nitrogen and oxygen atoms in total. The Bertz CT molecular complexity index is 865. The van der Waals surface area contributed by atoms with E-state index < -0.39 is 5.60 Å². The van der Waals surface area contributed by atoms with Gasteiger partial charge < -0.3 is 20.7 Å². The van der Waals surface area contributed by atoms with E-state index >= 15 is 0 Å². The summed E-state index contributed by atoms with van der Waals surface area (Å²) in [5.41, 5.74) is 6.47. The average molecular weight is 397 g/mol. The second-order valence-electron chi connectivity index (χ2n) is 7.85. The first kappa shape index (κ1) is 20.5. The Labute approximate surface area is 170 Å². The summed E-state index contributed by atoms with van der Waals surface area (Å²) in [5.74, 6) is 1.12. The van der Waals surface area contributed by atoms with Gasteiger partial charge in [0.05, 0.1) is 17.5 Å². The van der Waals surface area contributed by atoms with Crippen LogP contribution < -0.4 is 11.1 Å². The fraction of sp³-hybridized carbons (Fsp3) is 0.450. The van der Waals surface area contributed by atoms with Crippen molar-refractivity contribution in [2.24, 2.45) is 5.73 Å². The molecule has 0 aliphatic carbocycles. The van der Waals surface area contributed by atoms with Crippen LogP contribution in [0.3, 0.4) is 0 Å². The Morgan fingerprint density at radius 3 is 2.83 bits per heavy atom. The van der Waals surface area contributed by atoms with Crippen molar-refractivity contribution in [1.82, 2.24) is 24.8 Å². The van der Waals surface area contributed by atoms with Crippen LogP contribution in [-0.2, 0) is 4.74 Å². The fourth-order valence-corrected chi connectivity index (χ4v) is 3.08. The van der Waals surface area contributed by atoms with Crippen molar-refractivity contribution in [2.45, 2.75) is 45.3 Å². The van der Waals surface area contributed by atoms with Crippen molar-refractivity contribution in [2.75, 3.05) is 18.4 Å². The van der Waals surface area contributed by atoms with Gasteiger partial charge in [-0.1, -0.05) is 0 Å². The second kappa shape index (κ2) is 8.85. The number of hydrogen-bond donors (Lipinski definition) is 2. The summed E-state index contributed by atoms with van der Waals surface area (Å²) in [6.07, 6.45) is 9.42. The summed E-state index contributed by atoms with van der Waals surface area (Å²) in [4.78, 5) is 31.3. The zero-order valence-electron chi connectivity index (χ0n) is 17.0. The first-order chi connectivity index (χ1) is 13.9. The molecule has 29 heavy (non-hydrogen) atoms. The molecular formula is C20H27N7O2. The summed E-state index contributed by atoms with van der Waals surface area (Å²) in [6.45, 7) is 6.85. The van der Waals surface area contributed by atoms with Gasteiger partial charge in [0.1, 0.15) is 11.4 Å². The van der Waals surface area contributed by atoms with Crippen LogP contribution in [0.4, 0.5) is 10.6 Å². The van der Waals surface area contributed by atoms with E-state index in [1.807, 2.05) is 20.8 Å². The molecule has 3 N–H and O–H groups in total. The van der Waals surface area contributed by atoms with E-state index in [0.717, 1.165) is 12.8 Å². The number of hydrogen-bond acceptors (Lipinski definition) is 8. The Morgan fingerprint density at radius 2 is 2.14 bits per heavy atom. The van der Waals surface area contributed by atoms with Crippen LogP contribution >= 0.6 is 0 Å². The minimum absolute atomic E-state index is 0.0702. The highest BCUT2D eigenvalue weighted by Crippen LogP contribution is 2.20. The number of nitrogens with zero attached hydrogens (tertiary/aromatic N) is 5. The maximum absolute atomic E-state index is 12.4. The molecule has 0 radical (unpaired) electrons. The molecule has 0 bridgehead atoms. The number of piperidine rings is 1. The minimum atomic E-state index is -0.510. The highest BCUT2D eigenvalue weighted by molar-refractivity contribution is 5.73. The van der Waals surface area contributed by atoms with E-state index in [4.69, 9.17) is 10.5 Å². The number of amides is 1.